The van der Waals surface area contributed by atoms with E-state index in [2.05, 4.69) is 28.4 Å². The van der Waals surface area contributed by atoms with Gasteiger partial charge in [-0.1, -0.05) is 18.2 Å². The van der Waals surface area contributed by atoms with Crippen LogP contribution in [-0.2, 0) is 0 Å². The second-order valence-electron chi connectivity index (χ2n) is 3.81. The molecular formula is C13H11N3. The minimum Gasteiger partial charge on any atom is -0.399 e. The van der Waals surface area contributed by atoms with Crippen molar-refractivity contribution >= 4 is 16.5 Å². The highest BCUT2D eigenvalue weighted by atomic mass is 15.1. The van der Waals surface area contributed by atoms with Crippen molar-refractivity contribution in [1.82, 2.24) is 10.2 Å². The summed E-state index contributed by atoms with van der Waals surface area (Å²) in [6.07, 6.45) is 3.71. The largest absolute Gasteiger partial charge is 0.399 e. The minimum absolute atomic E-state index is 0.795. The Morgan fingerprint density at radius 1 is 0.938 bits per heavy atom. The molecule has 0 radical (unpaired) electrons. The van der Waals surface area contributed by atoms with Crippen LogP contribution in [0.4, 0.5) is 5.69 Å². The van der Waals surface area contributed by atoms with E-state index < -0.39 is 0 Å². The highest BCUT2D eigenvalue weighted by molar-refractivity contribution is 5.89. The molecule has 2 aromatic carbocycles. The van der Waals surface area contributed by atoms with Gasteiger partial charge in [0.1, 0.15) is 0 Å². The standard InChI is InChI=1S/C13H11N3/c14-13-4-3-9-5-10(1-2-11(9)6-13)12-7-15-16-8-12/h1-8H,14H2,(H,15,16). The summed E-state index contributed by atoms with van der Waals surface area (Å²) in [5, 5.41) is 9.11. The maximum absolute atomic E-state index is 5.74. The molecular weight excluding hydrogens is 198 g/mol. The zero-order valence-electron chi connectivity index (χ0n) is 8.64. The molecule has 0 saturated heterocycles. The van der Waals surface area contributed by atoms with Crippen LogP contribution < -0.4 is 5.73 Å². The number of benzene rings is 2. The summed E-state index contributed by atoms with van der Waals surface area (Å²) in [7, 11) is 0. The SMILES string of the molecule is Nc1ccc2cc(-c3cn[nH]c3)ccc2c1. The molecule has 1 heterocycles. The van der Waals surface area contributed by atoms with Crippen LogP contribution in [0.5, 0.6) is 0 Å². The number of nitrogens with zero attached hydrogens (tertiary/aromatic N) is 1. The monoisotopic (exact) mass is 209 g/mol. The van der Waals surface area contributed by atoms with Gasteiger partial charge in [-0.2, -0.15) is 5.10 Å². The Labute approximate surface area is 92.9 Å². The van der Waals surface area contributed by atoms with E-state index in [4.69, 9.17) is 5.73 Å². The first kappa shape index (κ1) is 8.97. The number of anilines is 1. The number of fused-ring (bicyclic) bond motifs is 1. The zero-order valence-corrected chi connectivity index (χ0v) is 8.64. The Bertz CT molecular complexity index is 627. The van der Waals surface area contributed by atoms with Gasteiger partial charge in [0.15, 0.2) is 0 Å². The average Bonchev–Trinajstić information content (AvgIpc) is 2.82. The number of hydrogen-bond acceptors (Lipinski definition) is 2. The van der Waals surface area contributed by atoms with E-state index in [0.717, 1.165) is 22.2 Å². The summed E-state index contributed by atoms with van der Waals surface area (Å²) in [6.45, 7) is 0. The van der Waals surface area contributed by atoms with Crippen molar-refractivity contribution in [3.63, 3.8) is 0 Å². The van der Waals surface area contributed by atoms with Gasteiger partial charge in [-0.15, -0.1) is 0 Å². The lowest BCUT2D eigenvalue weighted by Crippen LogP contribution is -1.84. The second kappa shape index (κ2) is 3.38. The van der Waals surface area contributed by atoms with Gasteiger partial charge in [0.25, 0.3) is 0 Å². The molecule has 0 aliphatic carbocycles. The summed E-state index contributed by atoms with van der Waals surface area (Å²) in [4.78, 5) is 0. The van der Waals surface area contributed by atoms with Crippen LogP contribution in [0.3, 0.4) is 0 Å². The van der Waals surface area contributed by atoms with Gasteiger partial charge in [0, 0.05) is 17.4 Å². The van der Waals surface area contributed by atoms with Gasteiger partial charge >= 0.3 is 0 Å². The van der Waals surface area contributed by atoms with Gasteiger partial charge < -0.3 is 5.73 Å². The van der Waals surface area contributed by atoms with Crippen LogP contribution in [-0.4, -0.2) is 10.2 Å². The molecule has 3 N–H and O–H groups in total. The third kappa shape index (κ3) is 1.42. The molecule has 78 valence electrons. The van der Waals surface area contributed by atoms with Gasteiger partial charge in [0.05, 0.1) is 6.20 Å². The van der Waals surface area contributed by atoms with E-state index >= 15 is 0 Å². The summed E-state index contributed by atoms with van der Waals surface area (Å²) in [5.41, 5.74) is 8.79. The van der Waals surface area contributed by atoms with Crippen LogP contribution in [0.25, 0.3) is 21.9 Å². The first-order valence-electron chi connectivity index (χ1n) is 5.11. The zero-order chi connectivity index (χ0) is 11.0. The highest BCUT2D eigenvalue weighted by Gasteiger charge is 2.00. The van der Waals surface area contributed by atoms with Gasteiger partial charge in [-0.05, 0) is 34.5 Å². The molecule has 1 aromatic heterocycles. The Hall–Kier alpha value is -2.29. The molecule has 0 fully saturated rings. The maximum atomic E-state index is 5.74. The number of H-pyrrole nitrogens is 1. The lowest BCUT2D eigenvalue weighted by Gasteiger charge is -2.02. The normalized spacial score (nSPS) is 10.8. The minimum atomic E-state index is 0.795. The summed E-state index contributed by atoms with van der Waals surface area (Å²) >= 11 is 0. The van der Waals surface area contributed by atoms with Crippen molar-refractivity contribution in [2.24, 2.45) is 0 Å². The Balaban J connectivity index is 2.20. The number of rotatable bonds is 1. The van der Waals surface area contributed by atoms with Crippen LogP contribution in [0, 0.1) is 0 Å². The van der Waals surface area contributed by atoms with Gasteiger partial charge in [0.2, 0.25) is 0 Å². The number of aromatic nitrogens is 2. The highest BCUT2D eigenvalue weighted by Crippen LogP contribution is 2.24. The lowest BCUT2D eigenvalue weighted by molar-refractivity contribution is 1.09. The molecule has 0 unspecified atom stereocenters. The van der Waals surface area contributed by atoms with E-state index in [1.54, 1.807) is 0 Å². The van der Waals surface area contributed by atoms with E-state index in [-0.39, 0.29) is 0 Å². The van der Waals surface area contributed by atoms with Crippen LogP contribution in [0.1, 0.15) is 0 Å². The molecule has 3 aromatic rings. The molecule has 3 heteroatoms. The van der Waals surface area contributed by atoms with Crippen molar-refractivity contribution in [3.05, 3.63) is 48.8 Å². The van der Waals surface area contributed by atoms with Crippen molar-refractivity contribution < 1.29 is 0 Å². The fourth-order valence-corrected chi connectivity index (χ4v) is 1.85. The number of aromatic amines is 1. The molecule has 0 aliphatic rings. The van der Waals surface area contributed by atoms with E-state index in [1.807, 2.05) is 30.6 Å². The molecule has 3 rings (SSSR count). The molecule has 0 aliphatic heterocycles. The van der Waals surface area contributed by atoms with Crippen molar-refractivity contribution in [1.29, 1.82) is 0 Å². The third-order valence-corrected chi connectivity index (χ3v) is 2.70. The van der Waals surface area contributed by atoms with Crippen molar-refractivity contribution in [2.45, 2.75) is 0 Å². The Morgan fingerprint density at radius 2 is 1.75 bits per heavy atom. The summed E-state index contributed by atoms with van der Waals surface area (Å²) in [6, 6.07) is 12.2. The lowest BCUT2D eigenvalue weighted by atomic mass is 10.0. The predicted molar refractivity (Wildman–Crippen MR) is 65.9 cm³/mol. The fraction of sp³-hybridized carbons (Fsp3) is 0. The predicted octanol–water partition coefficient (Wildman–Crippen LogP) is 2.81. The smallest absolute Gasteiger partial charge is 0.0565 e. The molecule has 0 bridgehead atoms. The summed E-state index contributed by atoms with van der Waals surface area (Å²) < 4.78 is 0. The number of nitrogen functional groups attached to an aromatic ring is 1. The van der Waals surface area contributed by atoms with E-state index in [0.29, 0.717) is 0 Å². The third-order valence-electron chi connectivity index (χ3n) is 2.70. The fourth-order valence-electron chi connectivity index (χ4n) is 1.85. The molecule has 16 heavy (non-hydrogen) atoms. The number of hydrogen-bond donors (Lipinski definition) is 2. The average molecular weight is 209 g/mol. The second-order valence-corrected chi connectivity index (χ2v) is 3.81. The molecule has 0 spiro atoms. The van der Waals surface area contributed by atoms with Crippen LogP contribution in [0.15, 0.2) is 48.8 Å². The first-order chi connectivity index (χ1) is 7.83. The Kier molecular flexibility index (Phi) is 1.90. The Morgan fingerprint density at radius 3 is 2.56 bits per heavy atom. The van der Waals surface area contributed by atoms with Crippen molar-refractivity contribution in [2.75, 3.05) is 5.73 Å². The summed E-state index contributed by atoms with van der Waals surface area (Å²) in [5.74, 6) is 0. The molecule has 3 nitrogen and oxygen atoms in total. The topological polar surface area (TPSA) is 54.7 Å². The van der Waals surface area contributed by atoms with Crippen LogP contribution in [0.2, 0.25) is 0 Å². The first-order valence-corrected chi connectivity index (χ1v) is 5.11. The van der Waals surface area contributed by atoms with Gasteiger partial charge in [-0.3, -0.25) is 5.10 Å². The van der Waals surface area contributed by atoms with Gasteiger partial charge in [-0.25, -0.2) is 0 Å². The van der Waals surface area contributed by atoms with Crippen molar-refractivity contribution in [3.8, 4) is 11.1 Å². The van der Waals surface area contributed by atoms with E-state index in [1.165, 1.54) is 5.39 Å². The molecule has 0 saturated carbocycles. The molecule has 0 atom stereocenters. The maximum Gasteiger partial charge on any atom is 0.0565 e. The quantitative estimate of drug-likeness (QED) is 0.605. The number of nitrogens with two attached hydrogens (primary N) is 1. The van der Waals surface area contributed by atoms with E-state index in [9.17, 15) is 0 Å². The molecule has 0 amide bonds. The van der Waals surface area contributed by atoms with Crippen LogP contribution >= 0.6 is 0 Å². The number of nitrogens with one attached hydrogen (secondary N) is 1.